The van der Waals surface area contributed by atoms with E-state index >= 15 is 0 Å². The Morgan fingerprint density at radius 3 is 1.40 bits per heavy atom. The summed E-state index contributed by atoms with van der Waals surface area (Å²) in [6.07, 6.45) is 0. The fourth-order valence-corrected chi connectivity index (χ4v) is 0. The molecule has 0 aromatic rings. The monoisotopic (exact) mass is 145 g/mol. The molecule has 4 N–H and O–H groups in total. The molecule has 5 heteroatoms. The minimum absolute atomic E-state index is 0. The number of hydrogen-bond acceptors (Lipinski definition) is 3. The summed E-state index contributed by atoms with van der Waals surface area (Å²) in [5.41, 5.74) is 0. The van der Waals surface area contributed by atoms with Gasteiger partial charge in [0.25, 0.3) is 0 Å². The average molecular weight is 145 g/mol. The Morgan fingerprint density at radius 2 is 1.40 bits per heavy atom. The molecule has 0 aromatic heterocycles. The molecule has 0 amide bonds. The second-order valence-electron chi connectivity index (χ2n) is 0.239. The summed E-state index contributed by atoms with van der Waals surface area (Å²) in [5, 5.41) is 0. The Hall–Kier alpha value is 0.676. The maximum absolute atomic E-state index is 7.45. The van der Waals surface area contributed by atoms with Gasteiger partial charge in [0, 0.05) is 0 Å². The van der Waals surface area contributed by atoms with Gasteiger partial charge in [0.05, 0.1) is 0 Å². The molecule has 0 atom stereocenters. The zero-order valence-corrected chi connectivity index (χ0v) is 4.07. The third kappa shape index (κ3) is 73.2. The zero-order valence-electron chi connectivity index (χ0n) is 2.21. The van der Waals surface area contributed by atoms with Gasteiger partial charge in [0.15, 0.2) is 0 Å². The quantitative estimate of drug-likeness (QED) is 0.398. The van der Waals surface area contributed by atoms with Crippen LogP contribution in [0.5, 0.6) is 0 Å². The van der Waals surface area contributed by atoms with E-state index in [4.69, 9.17) is 8.44 Å². The molecule has 0 aliphatic carbocycles. The van der Waals surface area contributed by atoms with Crippen LogP contribution in [-0.2, 0) is 14.5 Å². The molecule has 0 aromatic carbocycles. The van der Waals surface area contributed by atoms with Crippen LogP contribution in [-0.4, -0.2) is 8.44 Å². The van der Waals surface area contributed by atoms with Crippen LogP contribution in [0.3, 0.4) is 0 Å². The summed E-state index contributed by atoms with van der Waals surface area (Å²) in [7, 11) is 0. The number of halogens is 1. The normalized spacial score (nSPS) is 9.00. The predicted octanol–water partition coefficient (Wildman–Crippen LogP) is -1.29. The number of nitrogens with two attached hydrogens (primary N) is 1. The molecule has 0 aliphatic heterocycles. The Balaban J connectivity index is 0. The van der Waals surface area contributed by atoms with E-state index in [-0.39, 0.29) is 12.4 Å². The molecular formula is H5ClCoNO2. The van der Waals surface area contributed by atoms with Gasteiger partial charge in [-0.3, -0.25) is 0 Å². The average Bonchev–Trinajstić information content (AvgIpc) is 0.811. The first-order valence-electron chi connectivity index (χ1n) is 0.491. The first-order chi connectivity index (χ1) is 1.73. The van der Waals surface area contributed by atoms with Gasteiger partial charge in [-0.1, -0.05) is 0 Å². The first kappa shape index (κ1) is 9.18. The van der Waals surface area contributed by atoms with Crippen molar-refractivity contribution in [3.05, 3.63) is 0 Å². The molecular weight excluding hydrogens is 140 g/mol. The Labute approximate surface area is 40.8 Å². The molecule has 0 rings (SSSR count). The van der Waals surface area contributed by atoms with Crippen molar-refractivity contribution in [3.63, 3.8) is 0 Å². The van der Waals surface area contributed by atoms with Gasteiger partial charge in [-0.15, -0.1) is 12.4 Å². The molecule has 0 saturated heterocycles. The third-order valence-corrected chi connectivity index (χ3v) is 0. The number of hydrogen-bond donors (Lipinski definition) is 3. The van der Waals surface area contributed by atoms with Gasteiger partial charge in [-0.2, -0.15) is 0 Å². The second kappa shape index (κ2) is 4.68. The molecule has 0 heterocycles. The van der Waals surface area contributed by atoms with Crippen LogP contribution in [0.15, 0.2) is 0 Å². The van der Waals surface area contributed by atoms with Crippen LogP contribution in [0.2, 0.25) is 0 Å². The van der Waals surface area contributed by atoms with Crippen molar-refractivity contribution in [1.82, 2.24) is 0 Å². The summed E-state index contributed by atoms with van der Waals surface area (Å²) >= 11 is -2.10. The third-order valence-electron chi connectivity index (χ3n) is 0. The van der Waals surface area contributed by atoms with Crippen LogP contribution in [0.4, 0.5) is 0 Å². The Morgan fingerprint density at radius 1 is 1.40 bits per heavy atom. The molecule has 3 nitrogen and oxygen atoms in total. The molecule has 0 fully saturated rings. The van der Waals surface area contributed by atoms with Crippen LogP contribution in [0.1, 0.15) is 0 Å². The van der Waals surface area contributed by atoms with Crippen molar-refractivity contribution in [2.24, 2.45) is 4.78 Å². The van der Waals surface area contributed by atoms with E-state index in [1.165, 1.54) is 0 Å². The molecule has 38 valence electrons. The maximum atomic E-state index is 7.45. The van der Waals surface area contributed by atoms with Crippen molar-refractivity contribution < 1.29 is 23.0 Å². The Kier molecular flexibility index (Phi) is 8.59. The van der Waals surface area contributed by atoms with Crippen molar-refractivity contribution >= 4 is 12.4 Å². The summed E-state index contributed by atoms with van der Waals surface area (Å²) in [5.74, 6) is 0. The van der Waals surface area contributed by atoms with Crippen LogP contribution in [0.25, 0.3) is 0 Å². The molecule has 0 unspecified atom stereocenters. The summed E-state index contributed by atoms with van der Waals surface area (Å²) in [6.45, 7) is 0. The molecule has 0 aliphatic rings. The predicted molar refractivity (Wildman–Crippen MR) is 15.9 cm³/mol. The van der Waals surface area contributed by atoms with E-state index in [2.05, 4.69) is 4.78 Å². The van der Waals surface area contributed by atoms with Gasteiger partial charge in [-0.25, -0.2) is 0 Å². The van der Waals surface area contributed by atoms with Gasteiger partial charge < -0.3 is 0 Å². The fraction of sp³-hybridized carbons (Fsp3) is 0. The Bertz CT molecular complexity index is 14.4. The van der Waals surface area contributed by atoms with Gasteiger partial charge >= 0.3 is 27.7 Å². The van der Waals surface area contributed by atoms with E-state index in [0.717, 1.165) is 0 Å². The van der Waals surface area contributed by atoms with Crippen molar-refractivity contribution in [3.8, 4) is 0 Å². The molecule has 5 heavy (non-hydrogen) atoms. The van der Waals surface area contributed by atoms with Crippen molar-refractivity contribution in [2.45, 2.75) is 0 Å². The zero-order chi connectivity index (χ0) is 3.58. The standard InChI is InChI=1S/ClH.Co.H2N.2H2O/h1H;;3*1H2/q;+3;-1;;/p-2. The molecule has 0 spiro atoms. The summed E-state index contributed by atoms with van der Waals surface area (Å²) < 4.78 is 14.9. The number of rotatable bonds is 0. The van der Waals surface area contributed by atoms with Gasteiger partial charge in [0.1, 0.15) is 0 Å². The van der Waals surface area contributed by atoms with E-state index in [1.807, 2.05) is 0 Å². The van der Waals surface area contributed by atoms with Crippen LogP contribution < -0.4 is 4.78 Å². The van der Waals surface area contributed by atoms with Crippen LogP contribution >= 0.6 is 12.4 Å². The summed E-state index contributed by atoms with van der Waals surface area (Å²) in [4.78, 5) is 4.28. The minimum atomic E-state index is -2.10. The first-order valence-corrected chi connectivity index (χ1v) is 2.02. The second-order valence-corrected chi connectivity index (χ2v) is 0.985. The molecule has 0 radical (unpaired) electrons. The van der Waals surface area contributed by atoms with Crippen molar-refractivity contribution in [2.75, 3.05) is 0 Å². The van der Waals surface area contributed by atoms with Gasteiger partial charge in [0.2, 0.25) is 0 Å². The van der Waals surface area contributed by atoms with Crippen molar-refractivity contribution in [1.29, 1.82) is 0 Å². The molecule has 0 saturated carbocycles. The topological polar surface area (TPSA) is 66.5 Å². The van der Waals surface area contributed by atoms with Crippen LogP contribution in [0, 0.1) is 0 Å². The SMILES string of the molecule is Cl.[NH2][Co]([OH])[OH]. The molecule has 0 bridgehead atoms. The summed E-state index contributed by atoms with van der Waals surface area (Å²) in [6, 6.07) is 0. The van der Waals surface area contributed by atoms with Gasteiger partial charge in [-0.05, 0) is 0 Å². The van der Waals surface area contributed by atoms with E-state index in [9.17, 15) is 0 Å². The van der Waals surface area contributed by atoms with E-state index < -0.39 is 14.5 Å². The fourth-order valence-electron chi connectivity index (χ4n) is 0. The van der Waals surface area contributed by atoms with E-state index in [0.29, 0.717) is 0 Å². The van der Waals surface area contributed by atoms with E-state index in [1.54, 1.807) is 0 Å².